The number of ketones is 1. The third-order valence-electron chi connectivity index (χ3n) is 4.17. The molecule has 1 amide bonds. The Hall–Kier alpha value is -3.40. The molecule has 0 aliphatic rings. The van der Waals surface area contributed by atoms with Gasteiger partial charge in [0, 0.05) is 11.3 Å². The van der Waals surface area contributed by atoms with E-state index >= 15 is 0 Å². The van der Waals surface area contributed by atoms with Crippen LogP contribution in [0.3, 0.4) is 0 Å². The van der Waals surface area contributed by atoms with Crippen LogP contribution >= 0.6 is 0 Å². The predicted molar refractivity (Wildman–Crippen MR) is 106 cm³/mol. The summed E-state index contributed by atoms with van der Waals surface area (Å²) in [6.45, 7) is 3.66. The number of hydrogen-bond acceptors (Lipinski definition) is 3. The molecule has 3 rings (SSSR count). The van der Waals surface area contributed by atoms with E-state index in [9.17, 15) is 9.59 Å². The first-order valence-electron chi connectivity index (χ1n) is 8.77. The molecule has 0 saturated carbocycles. The molecule has 0 heterocycles. The Morgan fingerprint density at radius 3 is 2.19 bits per heavy atom. The lowest BCUT2D eigenvalue weighted by Crippen LogP contribution is -2.25. The highest BCUT2D eigenvalue weighted by Gasteiger charge is 2.20. The van der Waals surface area contributed by atoms with Gasteiger partial charge >= 0.3 is 0 Å². The van der Waals surface area contributed by atoms with Crippen molar-refractivity contribution < 1.29 is 14.3 Å². The minimum atomic E-state index is -0.710. The first-order valence-corrected chi connectivity index (χ1v) is 8.77. The van der Waals surface area contributed by atoms with E-state index < -0.39 is 6.10 Å². The van der Waals surface area contributed by atoms with Gasteiger partial charge in [-0.05, 0) is 38.1 Å². The molecule has 0 saturated heterocycles. The molecule has 0 bridgehead atoms. The third kappa shape index (κ3) is 4.61. The highest BCUT2D eigenvalue weighted by Crippen LogP contribution is 2.22. The number of nitrogens with one attached hydrogen (secondary N) is 1. The quantitative estimate of drug-likeness (QED) is 0.637. The van der Waals surface area contributed by atoms with E-state index in [0.29, 0.717) is 22.6 Å². The van der Waals surface area contributed by atoms with E-state index in [-0.39, 0.29) is 11.7 Å². The molecule has 0 spiro atoms. The number of anilines is 1. The van der Waals surface area contributed by atoms with Crippen molar-refractivity contribution >= 4 is 17.4 Å². The summed E-state index contributed by atoms with van der Waals surface area (Å²) in [6, 6.07) is 23.5. The number of para-hydroxylation sites is 2. The van der Waals surface area contributed by atoms with Crippen molar-refractivity contribution in [1.29, 1.82) is 0 Å². The van der Waals surface area contributed by atoms with Crippen LogP contribution in [-0.2, 0) is 0 Å². The molecule has 3 aromatic carbocycles. The Morgan fingerprint density at radius 1 is 0.852 bits per heavy atom. The van der Waals surface area contributed by atoms with E-state index in [1.807, 2.05) is 49.4 Å². The van der Waals surface area contributed by atoms with E-state index in [4.69, 9.17) is 4.74 Å². The number of amides is 1. The van der Waals surface area contributed by atoms with E-state index in [0.717, 1.165) is 5.56 Å². The summed E-state index contributed by atoms with van der Waals surface area (Å²) in [5.41, 5.74) is 2.74. The maximum Gasteiger partial charge on any atom is 0.259 e. The molecule has 4 heteroatoms. The summed E-state index contributed by atoms with van der Waals surface area (Å²) in [5, 5.41) is 2.84. The van der Waals surface area contributed by atoms with Crippen LogP contribution in [0.25, 0.3) is 0 Å². The molecular weight excluding hydrogens is 338 g/mol. The number of carbonyl (C=O) groups excluding carboxylic acids is 2. The monoisotopic (exact) mass is 359 g/mol. The Labute approximate surface area is 158 Å². The molecule has 3 aromatic rings. The van der Waals surface area contributed by atoms with Gasteiger partial charge in [0.25, 0.3) is 5.91 Å². The van der Waals surface area contributed by atoms with Crippen LogP contribution in [0.2, 0.25) is 0 Å². The summed E-state index contributed by atoms with van der Waals surface area (Å²) in [6.07, 6.45) is -0.710. The first kappa shape index (κ1) is 18.4. The molecule has 0 unspecified atom stereocenters. The highest BCUT2D eigenvalue weighted by atomic mass is 16.5. The average molecular weight is 359 g/mol. The lowest BCUT2D eigenvalue weighted by molar-refractivity contribution is 0.0812. The van der Waals surface area contributed by atoms with Crippen LogP contribution in [-0.4, -0.2) is 17.8 Å². The summed E-state index contributed by atoms with van der Waals surface area (Å²) in [5.74, 6) is -0.0426. The lowest BCUT2D eigenvalue weighted by Gasteiger charge is -2.16. The molecule has 0 aromatic heterocycles. The first-order chi connectivity index (χ1) is 13.0. The number of carbonyl (C=O) groups is 2. The fourth-order valence-corrected chi connectivity index (χ4v) is 2.67. The predicted octanol–water partition coefficient (Wildman–Crippen LogP) is 4.90. The Kier molecular flexibility index (Phi) is 5.67. The zero-order chi connectivity index (χ0) is 19.2. The van der Waals surface area contributed by atoms with Crippen molar-refractivity contribution in [2.75, 3.05) is 5.32 Å². The topological polar surface area (TPSA) is 55.4 Å². The molecule has 0 radical (unpaired) electrons. The maximum absolute atomic E-state index is 12.6. The standard InChI is InChI=1S/C23H21NO3/c1-16-12-14-18(15-13-16)22(25)17(2)27-21-11-7-6-10-20(21)23(26)24-19-8-4-3-5-9-19/h3-15,17H,1-2H3,(H,24,26)/t17-/m1/s1. The number of benzene rings is 3. The van der Waals surface area contributed by atoms with Crippen LogP contribution in [0.15, 0.2) is 78.9 Å². The number of hydrogen-bond donors (Lipinski definition) is 1. The number of rotatable bonds is 6. The zero-order valence-electron chi connectivity index (χ0n) is 15.3. The van der Waals surface area contributed by atoms with Crippen LogP contribution in [0.1, 0.15) is 33.2 Å². The van der Waals surface area contributed by atoms with Gasteiger partial charge < -0.3 is 10.1 Å². The van der Waals surface area contributed by atoms with Gasteiger partial charge in [-0.25, -0.2) is 0 Å². The smallest absolute Gasteiger partial charge is 0.259 e. The van der Waals surface area contributed by atoms with Crippen LogP contribution < -0.4 is 10.1 Å². The summed E-state index contributed by atoms with van der Waals surface area (Å²) >= 11 is 0. The highest BCUT2D eigenvalue weighted by molar-refractivity contribution is 6.06. The van der Waals surface area contributed by atoms with Gasteiger partial charge in [0.2, 0.25) is 5.78 Å². The number of ether oxygens (including phenoxy) is 1. The second-order valence-corrected chi connectivity index (χ2v) is 6.31. The van der Waals surface area contributed by atoms with Crippen molar-refractivity contribution in [2.45, 2.75) is 20.0 Å². The Morgan fingerprint density at radius 2 is 1.48 bits per heavy atom. The lowest BCUT2D eigenvalue weighted by atomic mass is 10.1. The van der Waals surface area contributed by atoms with Gasteiger partial charge in [-0.2, -0.15) is 0 Å². The fourth-order valence-electron chi connectivity index (χ4n) is 2.67. The van der Waals surface area contributed by atoms with E-state index in [2.05, 4.69) is 5.32 Å². The van der Waals surface area contributed by atoms with Gasteiger partial charge in [-0.1, -0.05) is 60.2 Å². The molecular formula is C23H21NO3. The third-order valence-corrected chi connectivity index (χ3v) is 4.17. The van der Waals surface area contributed by atoms with Crippen molar-refractivity contribution in [2.24, 2.45) is 0 Å². The molecule has 136 valence electrons. The zero-order valence-corrected chi connectivity index (χ0v) is 15.3. The molecule has 1 N–H and O–H groups in total. The fraction of sp³-hybridized carbons (Fsp3) is 0.130. The molecule has 0 aliphatic carbocycles. The van der Waals surface area contributed by atoms with Crippen molar-refractivity contribution in [1.82, 2.24) is 0 Å². The summed E-state index contributed by atoms with van der Waals surface area (Å²) in [4.78, 5) is 25.2. The maximum atomic E-state index is 12.6. The van der Waals surface area contributed by atoms with Gasteiger partial charge in [0.15, 0.2) is 6.10 Å². The van der Waals surface area contributed by atoms with Crippen molar-refractivity contribution in [3.8, 4) is 5.75 Å². The van der Waals surface area contributed by atoms with Crippen molar-refractivity contribution in [3.05, 3.63) is 95.6 Å². The summed E-state index contributed by atoms with van der Waals surface area (Å²) < 4.78 is 5.84. The molecule has 27 heavy (non-hydrogen) atoms. The van der Waals surface area contributed by atoms with Gasteiger partial charge in [0.05, 0.1) is 5.56 Å². The largest absolute Gasteiger partial charge is 0.482 e. The van der Waals surface area contributed by atoms with Gasteiger partial charge in [-0.15, -0.1) is 0 Å². The van der Waals surface area contributed by atoms with Crippen molar-refractivity contribution in [3.63, 3.8) is 0 Å². The Balaban J connectivity index is 1.76. The molecule has 0 aliphatic heterocycles. The van der Waals surface area contributed by atoms with Gasteiger partial charge in [-0.3, -0.25) is 9.59 Å². The second kappa shape index (κ2) is 8.32. The van der Waals surface area contributed by atoms with Gasteiger partial charge in [0.1, 0.15) is 5.75 Å². The van der Waals surface area contributed by atoms with Crippen LogP contribution in [0, 0.1) is 6.92 Å². The second-order valence-electron chi connectivity index (χ2n) is 6.31. The minimum Gasteiger partial charge on any atom is -0.482 e. The minimum absolute atomic E-state index is 0.131. The molecule has 4 nitrogen and oxygen atoms in total. The molecule has 1 atom stereocenters. The van der Waals surface area contributed by atoms with E-state index in [1.165, 1.54) is 0 Å². The summed E-state index contributed by atoms with van der Waals surface area (Å²) in [7, 11) is 0. The molecule has 0 fully saturated rings. The number of Topliss-reactive ketones (excluding diaryl/α,β-unsaturated/α-hetero) is 1. The Bertz CT molecular complexity index is 933. The van der Waals surface area contributed by atoms with E-state index in [1.54, 1.807) is 43.3 Å². The van der Waals surface area contributed by atoms with Crippen LogP contribution in [0.5, 0.6) is 5.75 Å². The normalized spacial score (nSPS) is 11.5. The average Bonchev–Trinajstić information content (AvgIpc) is 2.69. The van der Waals surface area contributed by atoms with Crippen LogP contribution in [0.4, 0.5) is 5.69 Å². The number of aryl methyl sites for hydroxylation is 1. The SMILES string of the molecule is Cc1ccc(C(=O)[C@@H](C)Oc2ccccc2C(=O)Nc2ccccc2)cc1.